The van der Waals surface area contributed by atoms with Crippen LogP contribution in [0.15, 0.2) is 47.1 Å². The van der Waals surface area contributed by atoms with Crippen LogP contribution in [0, 0.1) is 0 Å². The minimum atomic E-state index is -0.493. The lowest BCUT2D eigenvalue weighted by Gasteiger charge is -2.06. The predicted molar refractivity (Wildman–Crippen MR) is 109 cm³/mol. The van der Waals surface area contributed by atoms with Crippen molar-refractivity contribution in [3.8, 4) is 0 Å². The SMILES string of the molecule is CCC(=O)Nc1ccc(C(=O)COC(=O)CSc2ncnc3sccc23)cc1. The highest BCUT2D eigenvalue weighted by molar-refractivity contribution is 8.00. The van der Waals surface area contributed by atoms with E-state index in [2.05, 4.69) is 15.3 Å². The highest BCUT2D eigenvalue weighted by atomic mass is 32.2. The Labute approximate surface area is 169 Å². The van der Waals surface area contributed by atoms with Crippen molar-refractivity contribution in [1.82, 2.24) is 9.97 Å². The van der Waals surface area contributed by atoms with Crippen LogP contribution in [0.25, 0.3) is 10.2 Å². The van der Waals surface area contributed by atoms with Crippen LogP contribution in [0.5, 0.6) is 0 Å². The van der Waals surface area contributed by atoms with Gasteiger partial charge in [-0.3, -0.25) is 14.4 Å². The molecule has 0 fully saturated rings. The second-order valence-electron chi connectivity index (χ2n) is 5.67. The fourth-order valence-electron chi connectivity index (χ4n) is 2.27. The van der Waals surface area contributed by atoms with Gasteiger partial charge in [-0.05, 0) is 35.7 Å². The number of ketones is 1. The molecule has 0 spiro atoms. The molecule has 2 aromatic heterocycles. The molecule has 1 aromatic carbocycles. The van der Waals surface area contributed by atoms with Crippen molar-refractivity contribution < 1.29 is 19.1 Å². The molecule has 0 unspecified atom stereocenters. The Morgan fingerprint density at radius 1 is 1.14 bits per heavy atom. The second kappa shape index (κ2) is 9.43. The number of benzene rings is 1. The molecule has 0 saturated carbocycles. The highest BCUT2D eigenvalue weighted by Crippen LogP contribution is 2.27. The Kier molecular flexibility index (Phi) is 6.72. The molecule has 9 heteroatoms. The molecule has 2 heterocycles. The third-order valence-corrected chi connectivity index (χ3v) is 5.53. The van der Waals surface area contributed by atoms with E-state index >= 15 is 0 Å². The largest absolute Gasteiger partial charge is 0.457 e. The fourth-order valence-corrected chi connectivity index (χ4v) is 3.85. The van der Waals surface area contributed by atoms with E-state index in [-0.39, 0.29) is 24.1 Å². The number of carbonyl (C=O) groups excluding carboxylic acids is 3. The molecule has 144 valence electrons. The summed E-state index contributed by atoms with van der Waals surface area (Å²) in [6, 6.07) is 8.36. The summed E-state index contributed by atoms with van der Waals surface area (Å²) in [5.74, 6) is -0.855. The van der Waals surface area contributed by atoms with Gasteiger partial charge in [0.2, 0.25) is 5.91 Å². The summed E-state index contributed by atoms with van der Waals surface area (Å²) < 4.78 is 5.07. The Morgan fingerprint density at radius 3 is 2.68 bits per heavy atom. The minimum Gasteiger partial charge on any atom is -0.457 e. The van der Waals surface area contributed by atoms with Gasteiger partial charge < -0.3 is 10.1 Å². The Balaban J connectivity index is 1.48. The molecule has 0 aliphatic heterocycles. The Bertz CT molecular complexity index is 1000. The molecule has 1 amide bonds. The van der Waals surface area contributed by atoms with Gasteiger partial charge in [0.15, 0.2) is 12.4 Å². The number of aromatic nitrogens is 2. The van der Waals surface area contributed by atoms with E-state index in [1.54, 1.807) is 31.2 Å². The van der Waals surface area contributed by atoms with Crippen LogP contribution >= 0.6 is 23.1 Å². The number of rotatable bonds is 8. The number of nitrogens with one attached hydrogen (secondary N) is 1. The van der Waals surface area contributed by atoms with Gasteiger partial charge >= 0.3 is 5.97 Å². The summed E-state index contributed by atoms with van der Waals surface area (Å²) in [6.07, 6.45) is 1.84. The summed E-state index contributed by atoms with van der Waals surface area (Å²) in [5, 5.41) is 6.23. The average molecular weight is 415 g/mol. The van der Waals surface area contributed by atoms with E-state index in [1.807, 2.05) is 11.4 Å². The zero-order chi connectivity index (χ0) is 19.9. The summed E-state index contributed by atoms with van der Waals surface area (Å²) in [7, 11) is 0. The number of fused-ring (bicyclic) bond motifs is 1. The first-order valence-corrected chi connectivity index (χ1v) is 10.3. The van der Waals surface area contributed by atoms with E-state index in [0.717, 1.165) is 10.2 Å². The van der Waals surface area contributed by atoms with Crippen molar-refractivity contribution in [2.75, 3.05) is 17.7 Å². The van der Waals surface area contributed by atoms with Crippen LogP contribution in [-0.2, 0) is 14.3 Å². The van der Waals surface area contributed by atoms with Crippen LogP contribution in [0.2, 0.25) is 0 Å². The van der Waals surface area contributed by atoms with Crippen molar-refractivity contribution in [3.63, 3.8) is 0 Å². The van der Waals surface area contributed by atoms with Gasteiger partial charge in [0, 0.05) is 23.1 Å². The number of ether oxygens (including phenoxy) is 1. The number of carbonyl (C=O) groups is 3. The maximum atomic E-state index is 12.2. The zero-order valence-electron chi connectivity index (χ0n) is 15.0. The Hall–Kier alpha value is -2.78. The van der Waals surface area contributed by atoms with Gasteiger partial charge in [-0.15, -0.1) is 11.3 Å². The van der Waals surface area contributed by atoms with Gasteiger partial charge in [-0.1, -0.05) is 18.7 Å². The summed E-state index contributed by atoms with van der Waals surface area (Å²) in [4.78, 5) is 44.7. The normalized spacial score (nSPS) is 10.6. The average Bonchev–Trinajstić information content (AvgIpc) is 3.20. The number of esters is 1. The number of hydrogen-bond acceptors (Lipinski definition) is 8. The third kappa shape index (κ3) is 5.14. The lowest BCUT2D eigenvalue weighted by Crippen LogP contribution is -2.16. The maximum Gasteiger partial charge on any atom is 0.316 e. The number of Topliss-reactive ketones (excluding diaryl/α,β-unsaturated/α-hetero) is 1. The monoisotopic (exact) mass is 415 g/mol. The molecule has 1 N–H and O–H groups in total. The van der Waals surface area contributed by atoms with E-state index in [0.29, 0.717) is 22.7 Å². The number of anilines is 1. The van der Waals surface area contributed by atoms with E-state index in [9.17, 15) is 14.4 Å². The lowest BCUT2D eigenvalue weighted by atomic mass is 10.1. The van der Waals surface area contributed by atoms with Crippen LogP contribution in [-0.4, -0.2) is 40.0 Å². The fraction of sp³-hybridized carbons (Fsp3) is 0.211. The molecule has 0 saturated heterocycles. The van der Waals surface area contributed by atoms with Crippen molar-refractivity contribution in [2.24, 2.45) is 0 Å². The third-order valence-electron chi connectivity index (χ3n) is 3.73. The van der Waals surface area contributed by atoms with Crippen LogP contribution < -0.4 is 5.32 Å². The first-order chi connectivity index (χ1) is 13.6. The number of hydrogen-bond donors (Lipinski definition) is 1. The highest BCUT2D eigenvalue weighted by Gasteiger charge is 2.13. The van der Waals surface area contributed by atoms with Crippen molar-refractivity contribution in [1.29, 1.82) is 0 Å². The number of amides is 1. The minimum absolute atomic E-state index is 0.0528. The smallest absolute Gasteiger partial charge is 0.316 e. The van der Waals surface area contributed by atoms with Gasteiger partial charge in [0.25, 0.3) is 0 Å². The quantitative estimate of drug-likeness (QED) is 0.260. The molecule has 0 atom stereocenters. The molecule has 28 heavy (non-hydrogen) atoms. The number of thiophene rings is 1. The standard InChI is InChI=1S/C19H17N3O4S2/c1-2-16(24)22-13-5-3-12(4-6-13)15(23)9-26-17(25)10-28-19-14-7-8-27-18(14)20-11-21-19/h3-8,11H,2,9-10H2,1H3,(H,22,24). The Morgan fingerprint density at radius 2 is 1.93 bits per heavy atom. The van der Waals surface area contributed by atoms with Crippen molar-refractivity contribution >= 4 is 56.7 Å². The topological polar surface area (TPSA) is 98.2 Å². The van der Waals surface area contributed by atoms with E-state index in [4.69, 9.17) is 4.74 Å². The molecule has 0 radical (unpaired) electrons. The number of nitrogens with zero attached hydrogens (tertiary/aromatic N) is 2. The summed E-state index contributed by atoms with van der Waals surface area (Å²) >= 11 is 2.75. The maximum absolute atomic E-state index is 12.2. The van der Waals surface area contributed by atoms with Crippen molar-refractivity contribution in [2.45, 2.75) is 18.4 Å². The first kappa shape index (κ1) is 20.0. The van der Waals surface area contributed by atoms with Gasteiger partial charge in [0.05, 0.1) is 5.75 Å². The second-order valence-corrected chi connectivity index (χ2v) is 7.53. The van der Waals surface area contributed by atoms with Gasteiger partial charge in [0.1, 0.15) is 16.2 Å². The summed E-state index contributed by atoms with van der Waals surface area (Å²) in [6.45, 7) is 1.42. The summed E-state index contributed by atoms with van der Waals surface area (Å²) in [5.41, 5.74) is 1.02. The molecule has 7 nitrogen and oxygen atoms in total. The molecule has 0 aliphatic carbocycles. The molecule has 0 bridgehead atoms. The zero-order valence-corrected chi connectivity index (χ0v) is 16.6. The van der Waals surface area contributed by atoms with Crippen LogP contribution in [0.4, 0.5) is 5.69 Å². The lowest BCUT2D eigenvalue weighted by molar-refractivity contribution is -0.139. The predicted octanol–water partition coefficient (Wildman–Crippen LogP) is 3.56. The molecular weight excluding hydrogens is 398 g/mol. The van der Waals surface area contributed by atoms with E-state index < -0.39 is 5.97 Å². The van der Waals surface area contributed by atoms with Crippen LogP contribution in [0.3, 0.4) is 0 Å². The van der Waals surface area contributed by atoms with Gasteiger partial charge in [-0.2, -0.15) is 0 Å². The van der Waals surface area contributed by atoms with Gasteiger partial charge in [-0.25, -0.2) is 9.97 Å². The van der Waals surface area contributed by atoms with Crippen LogP contribution in [0.1, 0.15) is 23.7 Å². The van der Waals surface area contributed by atoms with E-state index in [1.165, 1.54) is 29.4 Å². The first-order valence-electron chi connectivity index (χ1n) is 8.46. The molecule has 3 aromatic rings. The number of thioether (sulfide) groups is 1. The van der Waals surface area contributed by atoms with Crippen molar-refractivity contribution in [3.05, 3.63) is 47.6 Å². The molecule has 0 aliphatic rings. The molecule has 3 rings (SSSR count). The molecular formula is C19H17N3O4S2.